The number of fused-ring (bicyclic) bond motifs is 3. The van der Waals surface area contributed by atoms with E-state index in [-0.39, 0.29) is 34.4 Å². The van der Waals surface area contributed by atoms with Crippen molar-refractivity contribution in [3.8, 4) is 0 Å². The van der Waals surface area contributed by atoms with Crippen LogP contribution in [0.2, 0.25) is 0 Å². The van der Waals surface area contributed by atoms with Crippen molar-refractivity contribution >= 4 is 11.6 Å². The molecule has 0 aromatic heterocycles. The molecule has 0 spiro atoms. The third kappa shape index (κ3) is 2.39. The van der Waals surface area contributed by atoms with Crippen molar-refractivity contribution in [3.63, 3.8) is 0 Å². The molecule has 1 atom stereocenters. The van der Waals surface area contributed by atoms with Crippen LogP contribution in [0.3, 0.4) is 0 Å². The van der Waals surface area contributed by atoms with E-state index in [0.717, 1.165) is 24.2 Å². The van der Waals surface area contributed by atoms with Gasteiger partial charge in [-0.05, 0) is 18.9 Å². The van der Waals surface area contributed by atoms with Crippen LogP contribution in [0.4, 0.5) is 5.69 Å². The number of rotatable bonds is 0. The van der Waals surface area contributed by atoms with Gasteiger partial charge in [-0.2, -0.15) is 0 Å². The molecular formula is C13H16N2OW. The van der Waals surface area contributed by atoms with E-state index in [0.29, 0.717) is 12.6 Å². The number of hydrogen-bond acceptors (Lipinski definition) is 2. The minimum Gasteiger partial charge on any atom is -0.647 e. The summed E-state index contributed by atoms with van der Waals surface area (Å²) in [5, 5.41) is 4.13. The summed E-state index contributed by atoms with van der Waals surface area (Å²) in [6.07, 6.45) is 2.37. The standard InChI is InChI=1S/C12H14N2O.CH3.W/c15-12-10-5-1-2-6-11(10)14-7-3-4-9(14)8-13-12;;/h1-2,5-6,9H,3-4,7-8H2,(H,13,15);1H3;/q;-1;+2/p-1. The van der Waals surface area contributed by atoms with Crippen LogP contribution in [0.1, 0.15) is 23.2 Å². The Morgan fingerprint density at radius 2 is 2.06 bits per heavy atom. The van der Waals surface area contributed by atoms with Gasteiger partial charge in [0.05, 0.1) is 5.91 Å². The van der Waals surface area contributed by atoms with Crippen molar-refractivity contribution in [1.82, 2.24) is 0 Å². The first-order valence-electron chi connectivity index (χ1n) is 5.44. The largest absolute Gasteiger partial charge is 2.00 e. The van der Waals surface area contributed by atoms with Crippen LogP contribution in [0.5, 0.6) is 0 Å². The van der Waals surface area contributed by atoms with Gasteiger partial charge >= 0.3 is 21.1 Å². The van der Waals surface area contributed by atoms with E-state index in [9.17, 15) is 4.79 Å². The van der Waals surface area contributed by atoms with Gasteiger partial charge in [0.1, 0.15) is 0 Å². The normalized spacial score (nSPS) is 21.3. The number of anilines is 1. The van der Waals surface area contributed by atoms with Crippen LogP contribution in [0, 0.1) is 7.43 Å². The van der Waals surface area contributed by atoms with Crippen molar-refractivity contribution in [1.29, 1.82) is 0 Å². The van der Waals surface area contributed by atoms with Crippen LogP contribution < -0.4 is 4.90 Å². The number of nitrogens with zero attached hydrogens (tertiary/aromatic N) is 2. The van der Waals surface area contributed by atoms with Crippen molar-refractivity contribution in [2.45, 2.75) is 18.9 Å². The zero-order valence-corrected chi connectivity index (χ0v) is 12.9. The zero-order chi connectivity index (χ0) is 10.3. The third-order valence-corrected chi connectivity index (χ3v) is 3.27. The quantitative estimate of drug-likeness (QED) is 0.628. The second-order valence-corrected chi connectivity index (χ2v) is 4.15. The summed E-state index contributed by atoms with van der Waals surface area (Å²) in [5.74, 6) is -0.0556. The molecule has 1 aromatic carbocycles. The number of hydrogen-bond donors (Lipinski definition) is 0. The predicted octanol–water partition coefficient (Wildman–Crippen LogP) is 2.63. The van der Waals surface area contributed by atoms with E-state index in [1.807, 2.05) is 24.3 Å². The molecule has 1 aromatic rings. The Bertz CT molecular complexity index is 408. The molecule has 2 aliphatic rings. The molecule has 0 saturated carbocycles. The second kappa shape index (κ2) is 5.68. The van der Waals surface area contributed by atoms with Crippen molar-refractivity contribution in [2.24, 2.45) is 0 Å². The van der Waals surface area contributed by atoms with E-state index in [1.165, 1.54) is 6.42 Å². The molecule has 1 unspecified atom stereocenters. The molecule has 0 N–H and O–H groups in total. The van der Waals surface area contributed by atoms with Crippen LogP contribution in [-0.4, -0.2) is 25.0 Å². The minimum absolute atomic E-state index is 0. The molecule has 3 nitrogen and oxygen atoms in total. The molecule has 0 bridgehead atoms. The summed E-state index contributed by atoms with van der Waals surface area (Å²) < 4.78 is 0. The second-order valence-electron chi connectivity index (χ2n) is 4.15. The zero-order valence-electron chi connectivity index (χ0n) is 9.93. The Kier molecular flexibility index (Phi) is 4.76. The third-order valence-electron chi connectivity index (χ3n) is 3.27. The van der Waals surface area contributed by atoms with Gasteiger partial charge in [0.15, 0.2) is 0 Å². The first kappa shape index (κ1) is 14.2. The molecule has 1 amide bonds. The summed E-state index contributed by atoms with van der Waals surface area (Å²) >= 11 is 0. The topological polar surface area (TPSA) is 34.4 Å². The van der Waals surface area contributed by atoms with Crippen molar-refractivity contribution in [2.75, 3.05) is 18.0 Å². The molecule has 2 aliphatic heterocycles. The molecule has 4 heteroatoms. The molecule has 0 aliphatic carbocycles. The molecular weight excluding hydrogens is 384 g/mol. The molecule has 2 heterocycles. The maximum Gasteiger partial charge on any atom is 2.00 e. The Morgan fingerprint density at radius 1 is 1.29 bits per heavy atom. The average Bonchev–Trinajstić information content (AvgIpc) is 2.69. The molecule has 1 saturated heterocycles. The van der Waals surface area contributed by atoms with E-state index in [2.05, 4.69) is 10.2 Å². The summed E-state index contributed by atoms with van der Waals surface area (Å²) in [4.78, 5) is 14.1. The summed E-state index contributed by atoms with van der Waals surface area (Å²) in [6.45, 7) is 1.72. The molecule has 3 rings (SSSR count). The van der Waals surface area contributed by atoms with Gasteiger partial charge in [-0.25, -0.2) is 0 Å². The van der Waals surface area contributed by atoms with Gasteiger partial charge in [0.2, 0.25) is 0 Å². The Balaban J connectivity index is 0.000000722. The minimum atomic E-state index is -0.0556. The van der Waals surface area contributed by atoms with E-state index in [1.54, 1.807) is 0 Å². The molecule has 90 valence electrons. The molecule has 17 heavy (non-hydrogen) atoms. The fraction of sp³-hybridized carbons (Fsp3) is 0.385. The van der Waals surface area contributed by atoms with Gasteiger partial charge < -0.3 is 22.4 Å². The first-order chi connectivity index (χ1) is 7.36. The predicted molar refractivity (Wildman–Crippen MR) is 65.8 cm³/mol. The Hall–Kier alpha value is -0.822. The van der Waals surface area contributed by atoms with Crippen LogP contribution >= 0.6 is 0 Å². The number of benzene rings is 1. The van der Waals surface area contributed by atoms with E-state index < -0.39 is 0 Å². The van der Waals surface area contributed by atoms with Crippen molar-refractivity contribution < 1.29 is 25.9 Å². The smallest absolute Gasteiger partial charge is 0.647 e. The summed E-state index contributed by atoms with van der Waals surface area (Å²) in [6, 6.07) is 8.25. The molecule has 1 fully saturated rings. The maximum absolute atomic E-state index is 11.7. The number of carbonyl (C=O) groups excluding carboxylic acids is 1. The Morgan fingerprint density at radius 3 is 2.88 bits per heavy atom. The first-order valence-corrected chi connectivity index (χ1v) is 5.44. The van der Waals surface area contributed by atoms with Gasteiger partial charge in [-0.3, -0.25) is 0 Å². The molecule has 0 radical (unpaired) electrons. The van der Waals surface area contributed by atoms with Gasteiger partial charge in [-0.1, -0.05) is 18.2 Å². The van der Waals surface area contributed by atoms with Crippen molar-refractivity contribution in [3.05, 3.63) is 42.6 Å². The van der Waals surface area contributed by atoms with E-state index >= 15 is 0 Å². The summed E-state index contributed by atoms with van der Waals surface area (Å²) in [7, 11) is 0. The summed E-state index contributed by atoms with van der Waals surface area (Å²) in [5.41, 5.74) is 1.84. The number of para-hydroxylation sites is 1. The van der Waals surface area contributed by atoms with Crippen LogP contribution in [0.25, 0.3) is 5.32 Å². The van der Waals surface area contributed by atoms with Crippen LogP contribution in [-0.2, 0) is 21.1 Å². The van der Waals surface area contributed by atoms with Gasteiger partial charge in [-0.15, -0.1) is 6.54 Å². The number of amides is 1. The monoisotopic (exact) mass is 400 g/mol. The average molecular weight is 400 g/mol. The Labute approximate surface area is 117 Å². The fourth-order valence-corrected chi connectivity index (χ4v) is 2.52. The van der Waals surface area contributed by atoms with Crippen LogP contribution in [0.15, 0.2) is 24.3 Å². The van der Waals surface area contributed by atoms with Gasteiger partial charge in [0, 0.05) is 23.8 Å². The fourth-order valence-electron chi connectivity index (χ4n) is 2.52. The number of carbonyl (C=O) groups is 1. The SMILES string of the molecule is O=C1[N-]CC2CCCN2c2ccccc21.[CH3-].[W+2]. The van der Waals surface area contributed by atoms with E-state index in [4.69, 9.17) is 0 Å². The van der Waals surface area contributed by atoms with Gasteiger partial charge in [0.25, 0.3) is 0 Å². The maximum atomic E-state index is 11.7.